The van der Waals surface area contributed by atoms with Crippen molar-refractivity contribution in [2.75, 3.05) is 47.6 Å². The van der Waals surface area contributed by atoms with Crippen LogP contribution in [0.5, 0.6) is 17.2 Å². The Kier molecular flexibility index (Phi) is 12.4. The Hall–Kier alpha value is -2.91. The molecule has 0 saturated carbocycles. The third-order valence-electron chi connectivity index (χ3n) is 6.58. The van der Waals surface area contributed by atoms with Crippen molar-refractivity contribution in [3.63, 3.8) is 0 Å². The summed E-state index contributed by atoms with van der Waals surface area (Å²) in [7, 11) is 5.15. The van der Waals surface area contributed by atoms with Gasteiger partial charge >= 0.3 is 0 Å². The quantitative estimate of drug-likeness (QED) is 0.333. The van der Waals surface area contributed by atoms with Crippen molar-refractivity contribution in [1.29, 1.82) is 0 Å². The first-order valence-electron chi connectivity index (χ1n) is 13.0. The second-order valence-corrected chi connectivity index (χ2v) is 11.0. The van der Waals surface area contributed by atoms with Crippen LogP contribution in [0.4, 0.5) is 8.78 Å². The molecule has 6 nitrogen and oxygen atoms in total. The van der Waals surface area contributed by atoms with Gasteiger partial charge in [-0.3, -0.25) is 4.79 Å². The van der Waals surface area contributed by atoms with E-state index in [1.807, 2.05) is 49.4 Å². The summed E-state index contributed by atoms with van der Waals surface area (Å²) in [4.78, 5) is 15.0. The van der Waals surface area contributed by atoms with E-state index in [0.717, 1.165) is 23.8 Å². The van der Waals surface area contributed by atoms with Gasteiger partial charge in [-0.15, -0.1) is 11.3 Å². The highest BCUT2D eigenvalue weighted by Gasteiger charge is 2.33. The predicted octanol–water partition coefficient (Wildman–Crippen LogP) is 7.08. The average molecular weight is 565 g/mol. The van der Waals surface area contributed by atoms with Crippen molar-refractivity contribution in [3.05, 3.63) is 52.4 Å². The second kappa shape index (κ2) is 15.0. The molecule has 1 saturated heterocycles. The summed E-state index contributed by atoms with van der Waals surface area (Å²) in [6.45, 7) is 12.3. The molecule has 0 atom stereocenters. The number of alkyl halides is 2. The number of piperidine rings is 1. The summed E-state index contributed by atoms with van der Waals surface area (Å²) >= 11 is 1.83. The SMILES string of the molecule is CC(=O)N(C)C.CCN1CCC(F)(F)CC1.COc1ccc2c(C)c(C)sc2c1.Cc1ccc2c(c1)OCO2. The lowest BCUT2D eigenvalue weighted by molar-refractivity contribution is -0.126. The molecule has 39 heavy (non-hydrogen) atoms. The van der Waals surface area contributed by atoms with Crippen molar-refractivity contribution >= 4 is 27.3 Å². The van der Waals surface area contributed by atoms with Crippen LogP contribution in [-0.4, -0.2) is 69.3 Å². The predicted molar refractivity (Wildman–Crippen MR) is 156 cm³/mol. The molecular formula is C30H42F2N2O4S. The van der Waals surface area contributed by atoms with Crippen molar-refractivity contribution in [2.24, 2.45) is 0 Å². The molecule has 1 fully saturated rings. The van der Waals surface area contributed by atoms with Gasteiger partial charge in [0.25, 0.3) is 5.92 Å². The van der Waals surface area contributed by atoms with Gasteiger partial charge in [-0.1, -0.05) is 13.0 Å². The lowest BCUT2D eigenvalue weighted by Gasteiger charge is -2.30. The number of halogens is 2. The summed E-state index contributed by atoms with van der Waals surface area (Å²) < 4.78 is 41.8. The number of carbonyl (C=O) groups excluding carboxylic acids is 1. The van der Waals surface area contributed by atoms with Crippen LogP contribution in [0.25, 0.3) is 10.1 Å². The van der Waals surface area contributed by atoms with Crippen molar-refractivity contribution < 1.29 is 27.8 Å². The number of rotatable bonds is 2. The number of nitrogens with zero attached hydrogens (tertiary/aromatic N) is 2. The van der Waals surface area contributed by atoms with Crippen molar-refractivity contribution in [1.82, 2.24) is 9.80 Å². The van der Waals surface area contributed by atoms with Crippen LogP contribution in [-0.2, 0) is 4.79 Å². The molecule has 0 radical (unpaired) electrons. The van der Waals surface area contributed by atoms with E-state index in [4.69, 9.17) is 14.2 Å². The van der Waals surface area contributed by atoms with E-state index in [9.17, 15) is 13.6 Å². The molecule has 5 rings (SSSR count). The van der Waals surface area contributed by atoms with Crippen LogP contribution < -0.4 is 14.2 Å². The van der Waals surface area contributed by atoms with E-state index < -0.39 is 5.92 Å². The van der Waals surface area contributed by atoms with Crippen LogP contribution in [0.2, 0.25) is 0 Å². The van der Waals surface area contributed by atoms with Gasteiger partial charge in [0.2, 0.25) is 12.7 Å². The minimum Gasteiger partial charge on any atom is -0.497 e. The second-order valence-electron chi connectivity index (χ2n) is 9.71. The third kappa shape index (κ3) is 10.3. The molecule has 0 aliphatic carbocycles. The highest BCUT2D eigenvalue weighted by atomic mass is 32.1. The number of amides is 1. The molecule has 2 aliphatic rings. The smallest absolute Gasteiger partial charge is 0.250 e. The van der Waals surface area contributed by atoms with Gasteiger partial charge in [0.05, 0.1) is 7.11 Å². The molecule has 0 bridgehead atoms. The first-order valence-corrected chi connectivity index (χ1v) is 13.9. The van der Waals surface area contributed by atoms with Gasteiger partial charge in [0, 0.05) is 56.5 Å². The van der Waals surface area contributed by atoms with Crippen molar-refractivity contribution in [3.8, 4) is 17.2 Å². The monoisotopic (exact) mass is 564 g/mol. The molecular weight excluding hydrogens is 522 g/mol. The van der Waals surface area contributed by atoms with Crippen molar-refractivity contribution in [2.45, 2.75) is 53.4 Å². The highest BCUT2D eigenvalue weighted by molar-refractivity contribution is 7.19. The third-order valence-corrected chi connectivity index (χ3v) is 7.75. The number of thiophene rings is 1. The number of fused-ring (bicyclic) bond motifs is 2. The minimum atomic E-state index is -2.38. The summed E-state index contributed by atoms with van der Waals surface area (Å²) in [5, 5.41) is 1.35. The molecule has 0 unspecified atom stereocenters. The standard InChI is InChI=1S/C11H12OS.C8H8O2.C7H13F2N.C4H9NO/c1-7-8(2)13-11-6-9(12-3)4-5-10(7)11;1-6-2-3-7-8(4-6)10-5-9-7;1-2-10-5-3-7(8,9)4-6-10;1-4(6)5(2)3/h4-6H,1-3H3;2-4H,5H2,1H3;2-6H2,1H3;1-3H3. The van der Waals surface area contributed by atoms with E-state index in [-0.39, 0.29) is 18.7 Å². The Morgan fingerprint density at radius 2 is 1.67 bits per heavy atom. The minimum absolute atomic E-state index is 0.0425. The number of carbonyl (C=O) groups is 1. The molecule has 216 valence electrons. The lowest BCUT2D eigenvalue weighted by Crippen LogP contribution is -2.38. The number of aryl methyl sites for hydroxylation is 3. The average Bonchev–Trinajstić information content (AvgIpc) is 3.48. The number of ether oxygens (including phenoxy) is 3. The number of likely N-dealkylation sites (tertiary alicyclic amines) is 1. The zero-order valence-electron chi connectivity index (χ0n) is 24.4. The lowest BCUT2D eigenvalue weighted by atomic mass is 10.1. The molecule has 9 heteroatoms. The fourth-order valence-electron chi connectivity index (χ4n) is 3.66. The summed E-state index contributed by atoms with van der Waals surface area (Å²) in [6, 6.07) is 12.2. The van der Waals surface area contributed by atoms with Gasteiger partial charge in [-0.05, 0) is 74.2 Å². The van der Waals surface area contributed by atoms with Crippen LogP contribution >= 0.6 is 11.3 Å². The summed E-state index contributed by atoms with van der Waals surface area (Å²) in [6.07, 6.45) is 0.0850. The molecule has 0 spiro atoms. The van der Waals surface area contributed by atoms with E-state index in [2.05, 4.69) is 30.9 Å². The maximum atomic E-state index is 12.5. The van der Waals surface area contributed by atoms with Gasteiger partial charge in [0.15, 0.2) is 11.5 Å². The first-order chi connectivity index (χ1) is 18.4. The maximum Gasteiger partial charge on any atom is 0.250 e. The Balaban J connectivity index is 0.000000189. The van der Waals surface area contributed by atoms with Crippen LogP contribution in [0, 0.1) is 20.8 Å². The van der Waals surface area contributed by atoms with E-state index >= 15 is 0 Å². The van der Waals surface area contributed by atoms with Gasteiger partial charge in [-0.2, -0.15) is 0 Å². The normalized spacial score (nSPS) is 15.1. The Labute approximate surface area is 235 Å². The van der Waals surface area contributed by atoms with Gasteiger partial charge in [0.1, 0.15) is 5.75 Å². The summed E-state index contributed by atoms with van der Waals surface area (Å²) in [5.41, 5.74) is 2.59. The topological polar surface area (TPSA) is 51.2 Å². The Bertz CT molecular complexity index is 1200. The molecule has 2 aromatic carbocycles. The fraction of sp³-hybridized carbons (Fsp3) is 0.500. The van der Waals surface area contributed by atoms with E-state index in [0.29, 0.717) is 19.9 Å². The van der Waals surface area contributed by atoms with E-state index in [1.165, 1.54) is 37.9 Å². The maximum absolute atomic E-state index is 12.5. The molecule has 2 aliphatic heterocycles. The highest BCUT2D eigenvalue weighted by Crippen LogP contribution is 2.33. The molecule has 0 N–H and O–H groups in total. The number of hydrogen-bond acceptors (Lipinski definition) is 6. The zero-order valence-corrected chi connectivity index (χ0v) is 25.2. The number of benzene rings is 2. The van der Waals surface area contributed by atoms with E-state index in [1.54, 1.807) is 21.2 Å². The Morgan fingerprint density at radius 3 is 2.23 bits per heavy atom. The zero-order chi connectivity index (χ0) is 29.2. The van der Waals surface area contributed by atoms with Gasteiger partial charge < -0.3 is 24.0 Å². The van der Waals surface area contributed by atoms with Crippen LogP contribution in [0.1, 0.15) is 42.7 Å². The Morgan fingerprint density at radius 1 is 1.05 bits per heavy atom. The molecule has 1 aromatic heterocycles. The molecule has 1 amide bonds. The number of hydrogen-bond donors (Lipinski definition) is 0. The largest absolute Gasteiger partial charge is 0.497 e. The first kappa shape index (κ1) is 32.3. The molecule has 3 heterocycles. The molecule has 3 aromatic rings. The van der Waals surface area contributed by atoms with Gasteiger partial charge in [-0.25, -0.2) is 8.78 Å². The number of methoxy groups -OCH3 is 1. The van der Waals surface area contributed by atoms with Crippen LogP contribution in [0.15, 0.2) is 36.4 Å². The summed E-state index contributed by atoms with van der Waals surface area (Å²) in [5.74, 6) is 0.362. The fourth-order valence-corrected chi connectivity index (χ4v) is 4.75. The van der Waals surface area contributed by atoms with Crippen LogP contribution in [0.3, 0.4) is 0 Å².